The van der Waals surface area contributed by atoms with Crippen LogP contribution in [-0.2, 0) is 9.59 Å². The number of nitrogens with one attached hydrogen (secondary N) is 1. The Morgan fingerprint density at radius 1 is 1.25 bits per heavy atom. The minimum atomic E-state index is -0.752. The first kappa shape index (κ1) is 17.0. The van der Waals surface area contributed by atoms with Crippen LogP contribution >= 0.6 is 0 Å². The Hall–Kier alpha value is -1.10. The van der Waals surface area contributed by atoms with Crippen molar-refractivity contribution in [1.82, 2.24) is 5.32 Å². The molecule has 0 aromatic rings. The maximum Gasteiger partial charge on any atom is 0.303 e. The molecule has 1 atom stereocenters. The molecule has 0 aromatic heterocycles. The first-order valence-corrected chi connectivity index (χ1v) is 7.72. The van der Waals surface area contributed by atoms with E-state index in [1.54, 1.807) is 0 Å². The van der Waals surface area contributed by atoms with Crippen LogP contribution in [0.25, 0.3) is 0 Å². The first-order chi connectivity index (χ1) is 9.52. The highest BCUT2D eigenvalue weighted by atomic mass is 16.4. The molecule has 116 valence electrons. The summed E-state index contributed by atoms with van der Waals surface area (Å²) < 4.78 is 0. The van der Waals surface area contributed by atoms with Crippen LogP contribution in [0.4, 0.5) is 0 Å². The van der Waals surface area contributed by atoms with Crippen LogP contribution in [0, 0.1) is 17.8 Å². The van der Waals surface area contributed by atoms with Gasteiger partial charge in [-0.2, -0.15) is 0 Å². The van der Waals surface area contributed by atoms with Crippen LogP contribution in [0.2, 0.25) is 0 Å². The zero-order chi connectivity index (χ0) is 15.0. The molecule has 1 amide bonds. The summed E-state index contributed by atoms with van der Waals surface area (Å²) in [5.41, 5.74) is 5.65. The zero-order valence-corrected chi connectivity index (χ0v) is 12.4. The Balaban J connectivity index is 2.12. The Morgan fingerprint density at radius 2 is 1.90 bits per heavy atom. The Bertz CT molecular complexity index is 312. The average Bonchev–Trinajstić information content (AvgIpc) is 2.45. The van der Waals surface area contributed by atoms with E-state index >= 15 is 0 Å². The number of amides is 1. The van der Waals surface area contributed by atoms with Crippen molar-refractivity contribution in [1.29, 1.82) is 0 Å². The smallest absolute Gasteiger partial charge is 0.303 e. The van der Waals surface area contributed by atoms with E-state index in [0.29, 0.717) is 24.8 Å². The summed E-state index contributed by atoms with van der Waals surface area (Å²) in [6.45, 7) is 3.41. The number of hydrogen-bond donors (Lipinski definition) is 3. The third-order valence-corrected chi connectivity index (χ3v) is 4.34. The van der Waals surface area contributed by atoms with Crippen molar-refractivity contribution in [2.75, 3.05) is 13.1 Å². The van der Waals surface area contributed by atoms with Crippen LogP contribution in [0.1, 0.15) is 51.9 Å². The van der Waals surface area contributed by atoms with Gasteiger partial charge in [-0.1, -0.05) is 6.92 Å². The lowest BCUT2D eigenvalue weighted by molar-refractivity contribution is -0.137. The second kappa shape index (κ2) is 8.95. The molecule has 0 heterocycles. The molecule has 0 spiro atoms. The van der Waals surface area contributed by atoms with Gasteiger partial charge in [0.1, 0.15) is 0 Å². The molecular formula is C15H28N2O3. The fourth-order valence-electron chi connectivity index (χ4n) is 2.76. The SMILES string of the molecule is CC(CCNC(=O)C1CCC(CN)CC1)CCC(=O)O. The molecule has 5 nitrogen and oxygen atoms in total. The van der Waals surface area contributed by atoms with Gasteiger partial charge >= 0.3 is 5.97 Å². The number of carbonyl (C=O) groups excluding carboxylic acids is 1. The number of carboxylic acids is 1. The Labute approximate surface area is 121 Å². The summed E-state index contributed by atoms with van der Waals surface area (Å²) >= 11 is 0. The van der Waals surface area contributed by atoms with E-state index in [0.717, 1.165) is 38.6 Å². The number of hydrogen-bond acceptors (Lipinski definition) is 3. The minimum Gasteiger partial charge on any atom is -0.481 e. The van der Waals surface area contributed by atoms with Crippen molar-refractivity contribution in [3.8, 4) is 0 Å². The molecule has 1 aliphatic rings. The second-order valence-electron chi connectivity index (χ2n) is 6.07. The van der Waals surface area contributed by atoms with Crippen molar-refractivity contribution >= 4 is 11.9 Å². The van der Waals surface area contributed by atoms with E-state index in [-0.39, 0.29) is 18.2 Å². The van der Waals surface area contributed by atoms with Gasteiger partial charge in [-0.25, -0.2) is 0 Å². The highest BCUT2D eigenvalue weighted by molar-refractivity contribution is 5.78. The summed E-state index contributed by atoms with van der Waals surface area (Å²) in [7, 11) is 0. The van der Waals surface area contributed by atoms with E-state index in [1.807, 2.05) is 6.92 Å². The first-order valence-electron chi connectivity index (χ1n) is 7.72. The molecular weight excluding hydrogens is 256 g/mol. The van der Waals surface area contributed by atoms with Gasteiger partial charge < -0.3 is 16.2 Å². The summed E-state index contributed by atoms with van der Waals surface area (Å²) in [6, 6.07) is 0. The standard InChI is InChI=1S/C15H28N2O3/c1-11(2-7-14(18)19)8-9-17-15(20)13-5-3-12(10-16)4-6-13/h11-13H,2-10,16H2,1H3,(H,17,20)(H,18,19). The molecule has 0 saturated heterocycles. The van der Waals surface area contributed by atoms with Gasteiger partial charge in [0.15, 0.2) is 0 Å². The summed E-state index contributed by atoms with van der Waals surface area (Å²) in [5.74, 6) is 0.477. The molecule has 4 N–H and O–H groups in total. The minimum absolute atomic E-state index is 0.145. The maximum atomic E-state index is 12.0. The molecule has 1 aliphatic carbocycles. The molecule has 0 aromatic carbocycles. The highest BCUT2D eigenvalue weighted by Gasteiger charge is 2.25. The van der Waals surface area contributed by atoms with E-state index in [9.17, 15) is 9.59 Å². The van der Waals surface area contributed by atoms with Crippen molar-refractivity contribution in [3.63, 3.8) is 0 Å². The third-order valence-electron chi connectivity index (χ3n) is 4.34. The number of nitrogens with two attached hydrogens (primary N) is 1. The number of carbonyl (C=O) groups is 2. The van der Waals surface area contributed by atoms with Crippen LogP contribution < -0.4 is 11.1 Å². The van der Waals surface area contributed by atoms with Gasteiger partial charge in [0.2, 0.25) is 5.91 Å². The van der Waals surface area contributed by atoms with Gasteiger partial charge in [0.05, 0.1) is 0 Å². The lowest BCUT2D eigenvalue weighted by Crippen LogP contribution is -2.35. The Morgan fingerprint density at radius 3 is 2.45 bits per heavy atom. The van der Waals surface area contributed by atoms with Crippen molar-refractivity contribution in [2.24, 2.45) is 23.5 Å². The molecule has 0 bridgehead atoms. The monoisotopic (exact) mass is 284 g/mol. The molecule has 0 radical (unpaired) electrons. The predicted octanol–water partition coefficient (Wildman–Crippen LogP) is 1.76. The summed E-state index contributed by atoms with van der Waals surface area (Å²) in [5, 5.41) is 11.6. The Kier molecular flexibility index (Phi) is 7.59. The molecule has 1 fully saturated rings. The van der Waals surface area contributed by atoms with Gasteiger partial charge in [0, 0.05) is 18.9 Å². The van der Waals surface area contributed by atoms with Gasteiger partial charge in [-0.3, -0.25) is 9.59 Å². The molecule has 1 saturated carbocycles. The topological polar surface area (TPSA) is 92.4 Å². The quantitative estimate of drug-likeness (QED) is 0.633. The lowest BCUT2D eigenvalue weighted by Gasteiger charge is -2.26. The lowest BCUT2D eigenvalue weighted by atomic mass is 9.81. The number of aliphatic carboxylic acids is 1. The largest absolute Gasteiger partial charge is 0.481 e. The maximum absolute atomic E-state index is 12.0. The zero-order valence-electron chi connectivity index (χ0n) is 12.4. The van der Waals surface area contributed by atoms with Crippen molar-refractivity contribution < 1.29 is 14.7 Å². The number of carboxylic acid groups (broad SMARTS) is 1. The average molecular weight is 284 g/mol. The van der Waals surface area contributed by atoms with Crippen LogP contribution in [0.15, 0.2) is 0 Å². The van der Waals surface area contributed by atoms with Gasteiger partial charge in [-0.05, 0) is 56.9 Å². The van der Waals surface area contributed by atoms with Crippen LogP contribution in [-0.4, -0.2) is 30.1 Å². The summed E-state index contributed by atoms with van der Waals surface area (Å²) in [6.07, 6.45) is 5.74. The van der Waals surface area contributed by atoms with Crippen LogP contribution in [0.3, 0.4) is 0 Å². The second-order valence-corrected chi connectivity index (χ2v) is 6.07. The molecule has 0 aliphatic heterocycles. The third kappa shape index (κ3) is 6.37. The predicted molar refractivity (Wildman–Crippen MR) is 78.2 cm³/mol. The fourth-order valence-corrected chi connectivity index (χ4v) is 2.76. The number of rotatable bonds is 8. The van der Waals surface area contributed by atoms with Crippen LogP contribution in [0.5, 0.6) is 0 Å². The highest BCUT2D eigenvalue weighted by Crippen LogP contribution is 2.28. The van der Waals surface area contributed by atoms with Gasteiger partial charge in [-0.15, -0.1) is 0 Å². The van der Waals surface area contributed by atoms with E-state index in [4.69, 9.17) is 10.8 Å². The van der Waals surface area contributed by atoms with Crippen molar-refractivity contribution in [3.05, 3.63) is 0 Å². The summed E-state index contributed by atoms with van der Waals surface area (Å²) in [4.78, 5) is 22.5. The molecule has 1 rings (SSSR count). The van der Waals surface area contributed by atoms with Crippen molar-refractivity contribution in [2.45, 2.75) is 51.9 Å². The van der Waals surface area contributed by atoms with E-state index in [1.165, 1.54) is 0 Å². The van der Waals surface area contributed by atoms with E-state index in [2.05, 4.69) is 5.32 Å². The molecule has 1 unspecified atom stereocenters. The van der Waals surface area contributed by atoms with Gasteiger partial charge in [0.25, 0.3) is 0 Å². The van der Waals surface area contributed by atoms with E-state index < -0.39 is 5.97 Å². The fraction of sp³-hybridized carbons (Fsp3) is 0.867. The molecule has 5 heteroatoms. The molecule has 20 heavy (non-hydrogen) atoms. The normalized spacial score (nSPS) is 24.1.